The van der Waals surface area contributed by atoms with Crippen molar-refractivity contribution >= 4 is 5.97 Å². The summed E-state index contributed by atoms with van der Waals surface area (Å²) in [5.41, 5.74) is 0.298. The van der Waals surface area contributed by atoms with Gasteiger partial charge in [0.1, 0.15) is 11.5 Å². The molecule has 0 fully saturated rings. The summed E-state index contributed by atoms with van der Waals surface area (Å²) in [5.74, 6) is -0.537. The molecule has 2 rings (SSSR count). The molecule has 0 aliphatic carbocycles. The van der Waals surface area contributed by atoms with Crippen LogP contribution in [0.2, 0.25) is 0 Å². The highest BCUT2D eigenvalue weighted by atomic mass is 16.5. The van der Waals surface area contributed by atoms with Gasteiger partial charge in [-0.15, -0.1) is 0 Å². The van der Waals surface area contributed by atoms with Crippen molar-refractivity contribution in [2.24, 2.45) is 0 Å². The number of phenols is 2. The Morgan fingerprint density at radius 2 is 1.89 bits per heavy atom. The van der Waals surface area contributed by atoms with E-state index in [4.69, 9.17) is 14.6 Å². The van der Waals surface area contributed by atoms with Crippen LogP contribution < -0.4 is 9.47 Å². The topological polar surface area (TPSA) is 76.0 Å². The zero-order valence-corrected chi connectivity index (χ0v) is 10.2. The van der Waals surface area contributed by atoms with Crippen molar-refractivity contribution in [2.45, 2.75) is 0 Å². The summed E-state index contributed by atoms with van der Waals surface area (Å²) in [6.45, 7) is 0. The van der Waals surface area contributed by atoms with Crippen LogP contribution in [0.1, 0.15) is 10.4 Å². The van der Waals surface area contributed by atoms with Gasteiger partial charge in [0.05, 0.1) is 12.7 Å². The van der Waals surface area contributed by atoms with Crippen molar-refractivity contribution in [1.29, 1.82) is 0 Å². The van der Waals surface area contributed by atoms with Crippen LogP contribution in [0.3, 0.4) is 0 Å². The molecule has 19 heavy (non-hydrogen) atoms. The number of hydrogen-bond acceptors (Lipinski definition) is 5. The van der Waals surface area contributed by atoms with Gasteiger partial charge in [-0.2, -0.15) is 0 Å². The zero-order valence-electron chi connectivity index (χ0n) is 10.2. The molecule has 0 saturated carbocycles. The van der Waals surface area contributed by atoms with E-state index in [-0.39, 0.29) is 17.2 Å². The zero-order chi connectivity index (χ0) is 13.8. The molecule has 0 saturated heterocycles. The van der Waals surface area contributed by atoms with Crippen LogP contribution in [-0.2, 0) is 0 Å². The minimum atomic E-state index is -0.625. The summed E-state index contributed by atoms with van der Waals surface area (Å²) >= 11 is 0. The van der Waals surface area contributed by atoms with Crippen LogP contribution in [0.25, 0.3) is 0 Å². The van der Waals surface area contributed by atoms with Gasteiger partial charge in [-0.25, -0.2) is 4.79 Å². The molecule has 98 valence electrons. The van der Waals surface area contributed by atoms with E-state index in [2.05, 4.69) is 0 Å². The molecule has 0 atom stereocenters. The molecule has 0 aromatic heterocycles. The predicted molar refractivity (Wildman–Crippen MR) is 67.7 cm³/mol. The highest BCUT2D eigenvalue weighted by Gasteiger charge is 2.12. The van der Waals surface area contributed by atoms with E-state index in [0.717, 1.165) is 6.07 Å². The lowest BCUT2D eigenvalue weighted by Gasteiger charge is -2.07. The van der Waals surface area contributed by atoms with E-state index in [0.29, 0.717) is 11.3 Å². The van der Waals surface area contributed by atoms with Crippen LogP contribution in [0.4, 0.5) is 0 Å². The summed E-state index contributed by atoms with van der Waals surface area (Å²) in [4.78, 5) is 11.9. The number of ether oxygens (including phenoxy) is 2. The molecule has 0 heterocycles. The number of hydrogen-bond donors (Lipinski definition) is 2. The van der Waals surface area contributed by atoms with Crippen LogP contribution in [0.5, 0.6) is 23.0 Å². The maximum atomic E-state index is 11.9. The van der Waals surface area contributed by atoms with E-state index in [9.17, 15) is 9.90 Å². The molecule has 0 radical (unpaired) electrons. The van der Waals surface area contributed by atoms with Gasteiger partial charge in [-0.3, -0.25) is 0 Å². The van der Waals surface area contributed by atoms with Gasteiger partial charge in [-0.1, -0.05) is 6.07 Å². The van der Waals surface area contributed by atoms with Crippen molar-refractivity contribution in [3.05, 3.63) is 48.0 Å². The van der Waals surface area contributed by atoms with E-state index < -0.39 is 5.97 Å². The average molecular weight is 260 g/mol. The number of methoxy groups -OCH3 is 1. The first-order valence-corrected chi connectivity index (χ1v) is 5.48. The quantitative estimate of drug-likeness (QED) is 0.654. The Hall–Kier alpha value is -2.69. The van der Waals surface area contributed by atoms with E-state index >= 15 is 0 Å². The molecule has 2 aromatic rings. The van der Waals surface area contributed by atoms with Gasteiger partial charge in [0.2, 0.25) is 0 Å². The number of carbonyl (C=O) groups excluding carboxylic acids is 1. The van der Waals surface area contributed by atoms with E-state index in [1.165, 1.54) is 25.3 Å². The van der Waals surface area contributed by atoms with Crippen molar-refractivity contribution in [2.75, 3.05) is 7.11 Å². The highest BCUT2D eigenvalue weighted by molar-refractivity contribution is 5.91. The number of carbonyl (C=O) groups is 1. The largest absolute Gasteiger partial charge is 0.508 e. The third-order valence-electron chi connectivity index (χ3n) is 2.45. The Morgan fingerprint density at radius 1 is 1.11 bits per heavy atom. The molecular formula is C14H12O5. The SMILES string of the molecule is COc1cccc(C(=O)Oc2ccc(O)cc2O)c1. The fourth-order valence-corrected chi connectivity index (χ4v) is 1.50. The smallest absolute Gasteiger partial charge is 0.343 e. The van der Waals surface area contributed by atoms with E-state index in [1.807, 2.05) is 0 Å². The Kier molecular flexibility index (Phi) is 3.56. The molecule has 0 bridgehead atoms. The molecule has 0 amide bonds. The lowest BCUT2D eigenvalue weighted by molar-refractivity contribution is 0.0729. The highest BCUT2D eigenvalue weighted by Crippen LogP contribution is 2.30. The molecule has 2 aromatic carbocycles. The summed E-state index contributed by atoms with van der Waals surface area (Å²) in [7, 11) is 1.50. The fraction of sp³-hybridized carbons (Fsp3) is 0.0714. The van der Waals surface area contributed by atoms with Gasteiger partial charge in [-0.05, 0) is 30.3 Å². The molecule has 0 aliphatic heterocycles. The monoisotopic (exact) mass is 260 g/mol. The third kappa shape index (κ3) is 2.95. The van der Waals surface area contributed by atoms with Gasteiger partial charge in [0.25, 0.3) is 0 Å². The lowest BCUT2D eigenvalue weighted by Crippen LogP contribution is -2.08. The molecule has 5 heteroatoms. The number of aromatic hydroxyl groups is 2. The van der Waals surface area contributed by atoms with Crippen molar-refractivity contribution in [3.8, 4) is 23.0 Å². The second-order valence-corrected chi connectivity index (χ2v) is 3.77. The Morgan fingerprint density at radius 3 is 2.58 bits per heavy atom. The summed E-state index contributed by atoms with van der Waals surface area (Å²) in [6, 6.07) is 10.2. The number of phenolic OH excluding ortho intramolecular Hbond substituents is 2. The molecule has 2 N–H and O–H groups in total. The Bertz CT molecular complexity index is 607. The van der Waals surface area contributed by atoms with Gasteiger partial charge >= 0.3 is 5.97 Å². The maximum absolute atomic E-state index is 11.9. The first-order valence-electron chi connectivity index (χ1n) is 5.48. The number of benzene rings is 2. The first-order chi connectivity index (χ1) is 9.10. The van der Waals surface area contributed by atoms with Crippen molar-refractivity contribution in [3.63, 3.8) is 0 Å². The predicted octanol–water partition coefficient (Wildman–Crippen LogP) is 2.33. The molecular weight excluding hydrogens is 248 g/mol. The third-order valence-corrected chi connectivity index (χ3v) is 2.45. The first kappa shape index (κ1) is 12.8. The maximum Gasteiger partial charge on any atom is 0.343 e. The molecule has 0 aliphatic rings. The van der Waals surface area contributed by atoms with Crippen LogP contribution in [0.15, 0.2) is 42.5 Å². The van der Waals surface area contributed by atoms with Crippen molar-refractivity contribution < 1.29 is 24.5 Å². The van der Waals surface area contributed by atoms with Gasteiger partial charge < -0.3 is 19.7 Å². The van der Waals surface area contributed by atoms with E-state index in [1.54, 1.807) is 18.2 Å². The molecule has 0 unspecified atom stereocenters. The van der Waals surface area contributed by atoms with Crippen LogP contribution >= 0.6 is 0 Å². The number of esters is 1. The minimum absolute atomic E-state index is 0.0226. The summed E-state index contributed by atoms with van der Waals surface area (Å²) < 4.78 is 10.0. The standard InChI is InChI=1S/C14H12O5/c1-18-11-4-2-3-9(7-11)14(17)19-13-6-5-10(15)8-12(13)16/h2-8,15-16H,1H3. The van der Waals surface area contributed by atoms with Gasteiger partial charge in [0, 0.05) is 6.07 Å². The second-order valence-electron chi connectivity index (χ2n) is 3.77. The lowest BCUT2D eigenvalue weighted by atomic mass is 10.2. The molecule has 0 spiro atoms. The van der Waals surface area contributed by atoms with Crippen LogP contribution in [-0.4, -0.2) is 23.3 Å². The number of rotatable bonds is 3. The summed E-state index contributed by atoms with van der Waals surface area (Å²) in [5, 5.41) is 18.7. The Balaban J connectivity index is 2.20. The molecule has 5 nitrogen and oxygen atoms in total. The Labute approximate surface area is 109 Å². The second kappa shape index (κ2) is 5.30. The van der Waals surface area contributed by atoms with Crippen LogP contribution in [0, 0.1) is 0 Å². The minimum Gasteiger partial charge on any atom is -0.508 e. The normalized spacial score (nSPS) is 9.95. The summed E-state index contributed by atoms with van der Waals surface area (Å²) in [6.07, 6.45) is 0. The van der Waals surface area contributed by atoms with Crippen molar-refractivity contribution in [1.82, 2.24) is 0 Å². The van der Waals surface area contributed by atoms with Gasteiger partial charge in [0.15, 0.2) is 11.5 Å². The average Bonchev–Trinajstić information content (AvgIpc) is 2.42. The fourth-order valence-electron chi connectivity index (χ4n) is 1.50.